The van der Waals surface area contributed by atoms with E-state index >= 15 is 0 Å². The Morgan fingerprint density at radius 3 is 2.17 bits per heavy atom. The minimum atomic E-state index is -2.16. The van der Waals surface area contributed by atoms with Crippen LogP contribution >= 0.6 is 0 Å². The smallest absolute Gasteiger partial charge is 0.415 e. The lowest BCUT2D eigenvalue weighted by molar-refractivity contribution is -0.384. The van der Waals surface area contributed by atoms with Gasteiger partial charge in [-0.3, -0.25) is 15.0 Å². The Labute approximate surface area is 240 Å². The largest absolute Gasteiger partial charge is 0.497 e. The average molecular weight is 588 g/mol. The number of non-ortho nitro benzene ring substituents is 1. The second kappa shape index (κ2) is 13.6. The Hall–Kier alpha value is -3.97. The molecule has 0 N–H and O–H groups in total. The zero-order valence-electron chi connectivity index (χ0n) is 24.2. The van der Waals surface area contributed by atoms with E-state index in [0.717, 1.165) is 5.56 Å². The first kappa shape index (κ1) is 31.6. The summed E-state index contributed by atoms with van der Waals surface area (Å²) >= 11 is 0. The van der Waals surface area contributed by atoms with Crippen LogP contribution in [0.5, 0.6) is 5.75 Å². The summed E-state index contributed by atoms with van der Waals surface area (Å²) in [7, 11) is -0.590. The van der Waals surface area contributed by atoms with Gasteiger partial charge in [0.2, 0.25) is 6.61 Å². The third-order valence-electron chi connectivity index (χ3n) is 7.02. The maximum atomic E-state index is 13.0. The zero-order valence-corrected chi connectivity index (χ0v) is 25.2. The summed E-state index contributed by atoms with van der Waals surface area (Å²) < 4.78 is 22.3. The van der Waals surface area contributed by atoms with E-state index in [2.05, 4.69) is 39.0 Å². The Morgan fingerprint density at radius 2 is 1.61 bits per heavy atom. The molecule has 2 aromatic rings. The van der Waals surface area contributed by atoms with Crippen molar-refractivity contribution in [1.82, 2.24) is 4.90 Å². The number of nitrogens with zero attached hydrogens (tertiary/aromatic N) is 3. The molecule has 41 heavy (non-hydrogen) atoms. The van der Waals surface area contributed by atoms with Crippen molar-refractivity contribution in [3.05, 3.63) is 69.8 Å². The van der Waals surface area contributed by atoms with Crippen LogP contribution in [0.2, 0.25) is 18.1 Å². The van der Waals surface area contributed by atoms with Crippen LogP contribution in [0.1, 0.15) is 38.3 Å². The van der Waals surface area contributed by atoms with Gasteiger partial charge in [0.1, 0.15) is 19.0 Å². The summed E-state index contributed by atoms with van der Waals surface area (Å²) in [5.74, 6) is 0.345. The molecule has 0 radical (unpaired) electrons. The second-order valence-corrected chi connectivity index (χ2v) is 15.8. The lowest BCUT2D eigenvalue weighted by Crippen LogP contribution is -2.44. The Kier molecular flexibility index (Phi) is 10.5. The fourth-order valence-electron chi connectivity index (χ4n) is 3.65. The maximum absolute atomic E-state index is 13.0. The highest BCUT2D eigenvalue weighted by Crippen LogP contribution is 2.38. The van der Waals surface area contributed by atoms with E-state index < -0.39 is 31.9 Å². The number of esters is 1. The van der Waals surface area contributed by atoms with Crippen molar-refractivity contribution in [3.63, 3.8) is 0 Å². The number of hydrogen-bond acceptors (Lipinski definition) is 10. The summed E-state index contributed by atoms with van der Waals surface area (Å²) in [6.45, 7) is 10.3. The summed E-state index contributed by atoms with van der Waals surface area (Å²) in [5.41, 5.74) is 1.32. The fourth-order valence-corrected chi connectivity index (χ4v) is 4.99. The molecule has 3 rings (SSSR count). The summed E-state index contributed by atoms with van der Waals surface area (Å²) in [6, 6.07) is 12.8. The molecule has 1 unspecified atom stereocenters. The van der Waals surface area contributed by atoms with Gasteiger partial charge >= 0.3 is 12.1 Å². The number of amidine groups is 1. The highest BCUT2D eigenvalue weighted by atomic mass is 28.4. The molecule has 0 saturated carbocycles. The van der Waals surface area contributed by atoms with Crippen LogP contribution in [-0.4, -0.2) is 62.4 Å². The average Bonchev–Trinajstić information content (AvgIpc) is 3.32. The first-order valence-electron chi connectivity index (χ1n) is 13.1. The SMILES string of the molecule is COc1ccc(COC(=O)CO/N=C2\CC(O[Si](C)(C)C(C)(C)C)CN2C(=O)OCc2ccc([N+](=O)[O-])cc2)cc1. The number of nitro groups is 1. The molecule has 222 valence electrons. The Bertz CT molecular complexity index is 1240. The molecule has 1 heterocycles. The third kappa shape index (κ3) is 9.01. The van der Waals surface area contributed by atoms with Crippen molar-refractivity contribution in [1.29, 1.82) is 0 Å². The molecular formula is C28H37N3O9Si. The predicted molar refractivity (Wildman–Crippen MR) is 153 cm³/mol. The standard InChI is InChI=1S/C28H37N3O9Si/c1-28(2,3)41(5,6)40-24-15-25(29-39-19-26(32)37-17-21-9-13-23(36-4)14-10-21)30(16-24)27(33)38-18-20-7-11-22(12-8-20)31(34)35/h7-14,24H,15-19H2,1-6H3/b29-25+. The van der Waals surface area contributed by atoms with Crippen molar-refractivity contribution in [2.24, 2.45) is 5.16 Å². The Balaban J connectivity index is 1.62. The molecule has 1 aliphatic heterocycles. The molecule has 13 heteroatoms. The van der Waals surface area contributed by atoms with Crippen LogP contribution in [0.25, 0.3) is 0 Å². The number of nitro benzene ring substituents is 1. The van der Waals surface area contributed by atoms with Crippen molar-refractivity contribution in [2.45, 2.75) is 64.6 Å². The normalized spacial score (nSPS) is 16.4. The van der Waals surface area contributed by atoms with Gasteiger partial charge in [-0.25, -0.2) is 9.59 Å². The van der Waals surface area contributed by atoms with E-state index in [1.54, 1.807) is 31.4 Å². The molecular weight excluding hydrogens is 550 g/mol. The molecule has 1 atom stereocenters. The number of benzene rings is 2. The second-order valence-electron chi connectivity index (χ2n) is 11.1. The first-order chi connectivity index (χ1) is 19.3. The fraction of sp³-hybridized carbons (Fsp3) is 0.464. The number of amides is 1. The highest BCUT2D eigenvalue weighted by Gasteiger charge is 2.43. The predicted octanol–water partition coefficient (Wildman–Crippen LogP) is 5.41. The number of methoxy groups -OCH3 is 1. The molecule has 12 nitrogen and oxygen atoms in total. The van der Waals surface area contributed by atoms with Gasteiger partial charge in [-0.2, -0.15) is 0 Å². The van der Waals surface area contributed by atoms with E-state index in [0.29, 0.717) is 17.7 Å². The van der Waals surface area contributed by atoms with Crippen LogP contribution in [0.3, 0.4) is 0 Å². The molecule has 1 saturated heterocycles. The number of rotatable bonds is 11. The monoisotopic (exact) mass is 587 g/mol. The molecule has 1 amide bonds. The van der Waals surface area contributed by atoms with Gasteiger partial charge in [-0.05, 0) is 53.5 Å². The minimum Gasteiger partial charge on any atom is -0.497 e. The lowest BCUT2D eigenvalue weighted by Gasteiger charge is -2.38. The minimum absolute atomic E-state index is 0.0434. The maximum Gasteiger partial charge on any atom is 0.415 e. The van der Waals surface area contributed by atoms with Gasteiger partial charge in [-0.1, -0.05) is 38.1 Å². The molecule has 1 aliphatic rings. The number of carbonyl (C=O) groups is 2. The van der Waals surface area contributed by atoms with E-state index in [-0.39, 0.29) is 42.4 Å². The van der Waals surface area contributed by atoms with Gasteiger partial charge in [0, 0.05) is 18.6 Å². The van der Waals surface area contributed by atoms with Crippen LogP contribution in [-0.2, 0) is 36.7 Å². The van der Waals surface area contributed by atoms with Crippen LogP contribution < -0.4 is 4.74 Å². The van der Waals surface area contributed by atoms with Crippen molar-refractivity contribution < 1.29 is 38.0 Å². The van der Waals surface area contributed by atoms with Gasteiger partial charge in [0.15, 0.2) is 14.2 Å². The molecule has 0 aromatic heterocycles. The third-order valence-corrected chi connectivity index (χ3v) is 11.6. The summed E-state index contributed by atoms with van der Waals surface area (Å²) in [6.07, 6.45) is -0.707. The van der Waals surface area contributed by atoms with E-state index in [1.807, 2.05) is 0 Å². The topological polar surface area (TPSA) is 139 Å². The molecule has 0 bridgehead atoms. The van der Waals surface area contributed by atoms with E-state index in [9.17, 15) is 19.7 Å². The Morgan fingerprint density at radius 1 is 1.02 bits per heavy atom. The van der Waals surface area contributed by atoms with Gasteiger partial charge < -0.3 is 23.5 Å². The van der Waals surface area contributed by atoms with Gasteiger partial charge in [-0.15, -0.1) is 0 Å². The lowest BCUT2D eigenvalue weighted by atomic mass is 10.2. The number of ether oxygens (including phenoxy) is 3. The van der Waals surface area contributed by atoms with Crippen LogP contribution in [0.4, 0.5) is 10.5 Å². The van der Waals surface area contributed by atoms with Crippen LogP contribution in [0, 0.1) is 10.1 Å². The molecule has 1 fully saturated rings. The highest BCUT2D eigenvalue weighted by molar-refractivity contribution is 6.74. The first-order valence-corrected chi connectivity index (χ1v) is 16.0. The van der Waals surface area contributed by atoms with Crippen molar-refractivity contribution >= 4 is 31.9 Å². The van der Waals surface area contributed by atoms with Crippen molar-refractivity contribution in [3.8, 4) is 5.75 Å². The molecule has 2 aromatic carbocycles. The number of carbonyl (C=O) groups excluding carboxylic acids is 2. The molecule has 0 spiro atoms. The van der Waals surface area contributed by atoms with Gasteiger partial charge in [0.25, 0.3) is 5.69 Å². The summed E-state index contributed by atoms with van der Waals surface area (Å²) in [5, 5.41) is 14.9. The van der Waals surface area contributed by atoms with Crippen LogP contribution in [0.15, 0.2) is 53.7 Å². The summed E-state index contributed by atoms with van der Waals surface area (Å²) in [4.78, 5) is 42.2. The van der Waals surface area contributed by atoms with E-state index in [1.165, 1.54) is 29.2 Å². The number of hydrogen-bond donors (Lipinski definition) is 0. The zero-order chi connectivity index (χ0) is 30.2. The van der Waals surface area contributed by atoms with E-state index in [4.69, 9.17) is 23.5 Å². The quantitative estimate of drug-likeness (QED) is 0.146. The molecule has 0 aliphatic carbocycles. The number of oxime groups is 1. The van der Waals surface area contributed by atoms with Crippen molar-refractivity contribution in [2.75, 3.05) is 20.3 Å². The number of likely N-dealkylation sites (tertiary alicyclic amines) is 1. The van der Waals surface area contributed by atoms with Gasteiger partial charge in [0.05, 0.1) is 24.7 Å².